The van der Waals surface area contributed by atoms with Crippen LogP contribution >= 0.6 is 22.5 Å². The predicted octanol–water partition coefficient (Wildman–Crippen LogP) is 6.05. The zero-order valence-corrected chi connectivity index (χ0v) is 20.1. The summed E-state index contributed by atoms with van der Waals surface area (Å²) in [4.78, 5) is 14.1. The molecule has 3 rings (SSSR count). The largest absolute Gasteiger partial charge is 0.478 e. The van der Waals surface area contributed by atoms with E-state index in [0.717, 1.165) is 42.2 Å². The number of carboxylic acid groups (broad SMARTS) is 1. The molecule has 7 nitrogen and oxygen atoms in total. The quantitative estimate of drug-likeness (QED) is 0.240. The van der Waals surface area contributed by atoms with Gasteiger partial charge in [0.05, 0.1) is 22.9 Å². The highest BCUT2D eigenvalue weighted by Crippen LogP contribution is 2.60. The van der Waals surface area contributed by atoms with Gasteiger partial charge in [-0.3, -0.25) is 9.11 Å². The Bertz CT molecular complexity index is 968. The highest BCUT2D eigenvalue weighted by Gasteiger charge is 2.37. The lowest BCUT2D eigenvalue weighted by Crippen LogP contribution is -2.39. The van der Waals surface area contributed by atoms with Crippen LogP contribution < -0.4 is 9.64 Å². The van der Waals surface area contributed by atoms with Crippen molar-refractivity contribution < 1.29 is 23.7 Å². The second-order valence-electron chi connectivity index (χ2n) is 7.54. The molecule has 1 aliphatic heterocycles. The van der Waals surface area contributed by atoms with Crippen molar-refractivity contribution >= 4 is 39.9 Å². The van der Waals surface area contributed by atoms with E-state index in [1.165, 1.54) is 11.8 Å². The van der Waals surface area contributed by atoms with Crippen molar-refractivity contribution in [2.24, 2.45) is 0 Å². The van der Waals surface area contributed by atoms with Crippen molar-refractivity contribution in [3.05, 3.63) is 54.8 Å². The molecule has 0 aromatic heterocycles. The van der Waals surface area contributed by atoms with Crippen LogP contribution in [0.15, 0.2) is 64.6 Å². The van der Waals surface area contributed by atoms with Crippen LogP contribution in [-0.4, -0.2) is 50.4 Å². The number of thioether (sulfide) groups is 1. The number of hydrogen-bond acceptors (Lipinski definition) is 7. The molecule has 0 bridgehead atoms. The molecular formula is C23H30N2O5S2. The Morgan fingerprint density at radius 1 is 1.28 bits per heavy atom. The molecule has 3 N–H and O–H groups in total. The Morgan fingerprint density at radius 3 is 2.62 bits per heavy atom. The molecule has 0 radical (unpaired) electrons. The third-order valence-corrected chi connectivity index (χ3v) is 8.28. The van der Waals surface area contributed by atoms with Crippen molar-refractivity contribution in [3.63, 3.8) is 0 Å². The van der Waals surface area contributed by atoms with Gasteiger partial charge < -0.3 is 14.7 Å². The number of carboxylic acids is 1. The molecule has 2 aromatic rings. The molecule has 0 saturated heterocycles. The fourth-order valence-corrected chi connectivity index (χ4v) is 5.88. The fourth-order valence-electron chi connectivity index (χ4n) is 3.73. The van der Waals surface area contributed by atoms with Crippen LogP contribution in [0.3, 0.4) is 0 Å². The van der Waals surface area contributed by atoms with Gasteiger partial charge in [0.15, 0.2) is 0 Å². The average molecular weight is 479 g/mol. The number of fused-ring (bicyclic) bond motifs is 1. The van der Waals surface area contributed by atoms with Crippen LogP contribution in [0.2, 0.25) is 0 Å². The monoisotopic (exact) mass is 478 g/mol. The van der Waals surface area contributed by atoms with E-state index in [1.807, 2.05) is 42.7 Å². The second-order valence-corrected chi connectivity index (χ2v) is 10.4. The molecule has 32 heavy (non-hydrogen) atoms. The lowest BCUT2D eigenvalue weighted by molar-refractivity contribution is -0.131. The summed E-state index contributed by atoms with van der Waals surface area (Å²) in [6.07, 6.45) is 6.72. The number of rotatable bonds is 8. The van der Waals surface area contributed by atoms with Crippen LogP contribution in [-0.2, 0) is 4.79 Å². The number of anilines is 2. The Kier molecular flexibility index (Phi) is 8.13. The minimum atomic E-state index is -3.30. The van der Waals surface area contributed by atoms with E-state index in [9.17, 15) is 13.9 Å². The molecule has 0 saturated carbocycles. The Balaban J connectivity index is 2.17. The summed E-state index contributed by atoms with van der Waals surface area (Å²) in [7, 11) is -1.55. The number of hydrogen-bond donors (Lipinski definition) is 3. The minimum Gasteiger partial charge on any atom is -0.478 e. The SMILES string of the molecule is CCCCC1CN(c2ccccc2)c2cc(SC)c(O/C=C/C(=O)O)cc2S(O)(O)N1C. The van der Waals surface area contributed by atoms with Crippen molar-refractivity contribution in [2.75, 3.05) is 24.7 Å². The Hall–Kier alpha value is -2.17. The summed E-state index contributed by atoms with van der Waals surface area (Å²) in [6.45, 7) is 2.73. The van der Waals surface area contributed by atoms with Gasteiger partial charge in [0.25, 0.3) is 0 Å². The van der Waals surface area contributed by atoms with Gasteiger partial charge in [-0.15, -0.1) is 22.5 Å². The van der Waals surface area contributed by atoms with E-state index in [0.29, 0.717) is 22.9 Å². The lowest BCUT2D eigenvalue weighted by Gasteiger charge is -2.43. The van der Waals surface area contributed by atoms with Crippen LogP contribution in [0.25, 0.3) is 0 Å². The predicted molar refractivity (Wildman–Crippen MR) is 131 cm³/mol. The summed E-state index contributed by atoms with van der Waals surface area (Å²) in [5, 5.41) is 8.86. The molecule has 1 heterocycles. The van der Waals surface area contributed by atoms with Gasteiger partial charge in [-0.2, -0.15) is 0 Å². The van der Waals surface area contributed by atoms with Gasteiger partial charge in [0.1, 0.15) is 10.6 Å². The number of ether oxygens (including phenoxy) is 1. The van der Waals surface area contributed by atoms with Crippen LogP contribution in [0.4, 0.5) is 11.4 Å². The summed E-state index contributed by atoms with van der Waals surface area (Å²) in [5.74, 6) is -0.745. The first-order valence-electron chi connectivity index (χ1n) is 10.4. The van der Waals surface area contributed by atoms with E-state index in [-0.39, 0.29) is 6.04 Å². The maximum absolute atomic E-state index is 11.4. The number of aliphatic carboxylic acids is 1. The average Bonchev–Trinajstić information content (AvgIpc) is 2.86. The van der Waals surface area contributed by atoms with Crippen LogP contribution in [0, 0.1) is 0 Å². The normalized spacial score (nSPS) is 19.4. The van der Waals surface area contributed by atoms with E-state index in [1.54, 1.807) is 17.4 Å². The van der Waals surface area contributed by atoms with E-state index >= 15 is 0 Å². The standard InChI is InChI=1S/C23H30N2O5S2/c1-4-5-9-18-16-25(17-10-7-6-8-11-17)19-14-21(31-3)20(30-13-12-23(26)27)15-22(19)32(28,29)24(18)2/h6-8,10-15,18,28-29H,4-5,9,16H2,1-3H3,(H,26,27)/b13-12+. The zero-order chi connectivity index (χ0) is 23.3. The molecule has 0 aliphatic carbocycles. The first-order valence-corrected chi connectivity index (χ1v) is 13.1. The smallest absolute Gasteiger partial charge is 0.331 e. The number of unbranched alkanes of at least 4 members (excludes halogenated alkanes) is 1. The number of nitrogens with zero attached hydrogens (tertiary/aromatic N) is 2. The Labute approximate surface area is 195 Å². The molecule has 0 amide bonds. The first kappa shape index (κ1) is 24.5. The van der Waals surface area contributed by atoms with Crippen molar-refractivity contribution in [2.45, 2.75) is 42.0 Å². The molecule has 174 valence electrons. The summed E-state index contributed by atoms with van der Waals surface area (Å²) >= 11 is 1.45. The van der Waals surface area contributed by atoms with Crippen molar-refractivity contribution in [1.29, 1.82) is 0 Å². The van der Waals surface area contributed by atoms with Gasteiger partial charge >= 0.3 is 5.97 Å². The van der Waals surface area contributed by atoms with Gasteiger partial charge in [-0.1, -0.05) is 38.0 Å². The topological polar surface area (TPSA) is 93.5 Å². The molecule has 9 heteroatoms. The maximum atomic E-state index is 11.4. The van der Waals surface area contributed by atoms with Gasteiger partial charge in [0.2, 0.25) is 0 Å². The highest BCUT2D eigenvalue weighted by atomic mass is 32.3. The number of likely N-dealkylation sites (N-methyl/N-ethyl adjacent to an activating group) is 1. The van der Waals surface area contributed by atoms with E-state index in [2.05, 4.69) is 11.8 Å². The van der Waals surface area contributed by atoms with Crippen molar-refractivity contribution in [1.82, 2.24) is 4.31 Å². The van der Waals surface area contributed by atoms with Gasteiger partial charge in [-0.05, 0) is 30.9 Å². The molecule has 2 aromatic carbocycles. The van der Waals surface area contributed by atoms with E-state index in [4.69, 9.17) is 9.84 Å². The third-order valence-electron chi connectivity index (χ3n) is 5.50. The lowest BCUT2D eigenvalue weighted by atomic mass is 10.1. The first-order chi connectivity index (χ1) is 15.3. The number of benzene rings is 2. The van der Waals surface area contributed by atoms with Crippen LogP contribution in [0.1, 0.15) is 26.2 Å². The molecule has 0 spiro atoms. The van der Waals surface area contributed by atoms with Gasteiger partial charge in [-0.25, -0.2) is 9.10 Å². The summed E-state index contributed by atoms with van der Waals surface area (Å²) < 4.78 is 30.0. The summed E-state index contributed by atoms with van der Waals surface area (Å²) in [5.41, 5.74) is 1.67. The summed E-state index contributed by atoms with van der Waals surface area (Å²) in [6, 6.07) is 13.3. The van der Waals surface area contributed by atoms with E-state index < -0.39 is 16.7 Å². The van der Waals surface area contributed by atoms with Crippen molar-refractivity contribution in [3.8, 4) is 5.75 Å². The molecular weight excluding hydrogens is 448 g/mol. The number of carbonyl (C=O) groups is 1. The molecule has 1 aliphatic rings. The maximum Gasteiger partial charge on any atom is 0.331 e. The zero-order valence-electron chi connectivity index (χ0n) is 18.5. The number of para-hydroxylation sites is 1. The minimum absolute atomic E-state index is 0.0680. The van der Waals surface area contributed by atoms with Gasteiger partial charge in [0, 0.05) is 31.4 Å². The third kappa shape index (κ3) is 5.24. The fraction of sp³-hybridized carbons (Fsp3) is 0.348. The van der Waals surface area contributed by atoms with Crippen LogP contribution in [0.5, 0.6) is 5.75 Å². The molecule has 1 unspecified atom stereocenters. The second kappa shape index (κ2) is 10.6. The Morgan fingerprint density at radius 2 is 2.00 bits per heavy atom. The molecule has 0 fully saturated rings. The molecule has 1 atom stereocenters. The highest BCUT2D eigenvalue weighted by molar-refractivity contribution is 8.22.